The summed E-state index contributed by atoms with van der Waals surface area (Å²) in [6, 6.07) is 9.77. The maximum atomic E-state index is 14.2. The summed E-state index contributed by atoms with van der Waals surface area (Å²) in [5.74, 6) is 1.40. The first-order valence-electron chi connectivity index (χ1n) is 10.6. The van der Waals surface area contributed by atoms with Crippen molar-refractivity contribution in [1.82, 2.24) is 20.4 Å². The van der Waals surface area contributed by atoms with Gasteiger partial charge in [-0.25, -0.2) is 4.39 Å². The van der Waals surface area contributed by atoms with E-state index < -0.39 is 5.82 Å². The number of aromatic nitrogens is 2. The molecule has 1 aromatic heterocycles. The van der Waals surface area contributed by atoms with Crippen LogP contribution in [0, 0.1) is 5.82 Å². The first kappa shape index (κ1) is 23.5. The zero-order valence-corrected chi connectivity index (χ0v) is 20.3. The molecule has 34 heavy (non-hydrogen) atoms. The van der Waals surface area contributed by atoms with Crippen molar-refractivity contribution < 1.29 is 23.1 Å². The van der Waals surface area contributed by atoms with E-state index in [4.69, 9.17) is 31.0 Å². The fourth-order valence-corrected chi connectivity index (χ4v) is 4.36. The highest BCUT2D eigenvalue weighted by Crippen LogP contribution is 2.40. The molecule has 0 amide bonds. The molecule has 0 fully saturated rings. The van der Waals surface area contributed by atoms with Gasteiger partial charge in [-0.05, 0) is 62.0 Å². The number of hydrogen-bond acceptors (Lipinski definition) is 7. The molecular weight excluding hydrogens is 459 g/mol. The van der Waals surface area contributed by atoms with Crippen LogP contribution in [-0.4, -0.2) is 48.0 Å². The summed E-state index contributed by atoms with van der Waals surface area (Å²) in [7, 11) is 4.58. The number of nitrogens with zero attached hydrogens (tertiary/aromatic N) is 3. The zero-order valence-electron chi connectivity index (χ0n) is 19.5. The molecule has 0 aliphatic carbocycles. The van der Waals surface area contributed by atoms with Crippen molar-refractivity contribution in [3.8, 4) is 28.6 Å². The van der Waals surface area contributed by atoms with Gasteiger partial charge in [-0.2, -0.15) is 4.98 Å². The second kappa shape index (κ2) is 9.68. The van der Waals surface area contributed by atoms with Crippen LogP contribution in [0.3, 0.4) is 0 Å². The molecule has 0 saturated heterocycles. The molecule has 1 N–H and O–H groups in total. The highest BCUT2D eigenvalue weighted by atomic mass is 32.1. The summed E-state index contributed by atoms with van der Waals surface area (Å²) in [6.07, 6.45) is 0. The van der Waals surface area contributed by atoms with Crippen molar-refractivity contribution in [3.63, 3.8) is 0 Å². The Bertz CT molecular complexity index is 1260. The van der Waals surface area contributed by atoms with Gasteiger partial charge in [0.05, 0.1) is 32.9 Å². The summed E-state index contributed by atoms with van der Waals surface area (Å²) in [6.45, 7) is 4.62. The molecule has 0 bridgehead atoms. The smallest absolute Gasteiger partial charge is 0.258 e. The van der Waals surface area contributed by atoms with E-state index in [-0.39, 0.29) is 17.6 Å². The lowest BCUT2D eigenvalue weighted by molar-refractivity contribution is 0.354. The third-order valence-electron chi connectivity index (χ3n) is 5.72. The van der Waals surface area contributed by atoms with E-state index in [2.05, 4.69) is 15.5 Å². The minimum absolute atomic E-state index is 0.142. The predicted molar refractivity (Wildman–Crippen MR) is 129 cm³/mol. The van der Waals surface area contributed by atoms with Crippen LogP contribution in [0.25, 0.3) is 17.0 Å². The van der Waals surface area contributed by atoms with Crippen molar-refractivity contribution in [1.29, 1.82) is 0 Å². The first-order chi connectivity index (χ1) is 16.4. The molecule has 10 heteroatoms. The SMILES string of the molecule is CCN1C(=S)NC(c2ccc(OC)c(OC)c2)C(c2nc(-c3ccc(OC)c(F)c3)no2)=C1C. The van der Waals surface area contributed by atoms with Gasteiger partial charge in [-0.1, -0.05) is 11.2 Å². The van der Waals surface area contributed by atoms with Crippen molar-refractivity contribution >= 4 is 22.9 Å². The van der Waals surface area contributed by atoms with Crippen molar-refractivity contribution in [2.24, 2.45) is 0 Å². The van der Waals surface area contributed by atoms with Crippen LogP contribution in [-0.2, 0) is 0 Å². The summed E-state index contributed by atoms with van der Waals surface area (Å²) in [5.41, 5.74) is 2.98. The number of nitrogens with one attached hydrogen (secondary N) is 1. The largest absolute Gasteiger partial charge is 0.494 e. The van der Waals surface area contributed by atoms with E-state index in [1.54, 1.807) is 20.3 Å². The minimum atomic E-state index is -0.508. The highest BCUT2D eigenvalue weighted by Gasteiger charge is 2.34. The van der Waals surface area contributed by atoms with E-state index in [0.717, 1.165) is 16.8 Å². The quantitative estimate of drug-likeness (QED) is 0.485. The van der Waals surface area contributed by atoms with Gasteiger partial charge < -0.3 is 29.0 Å². The second-order valence-corrected chi connectivity index (χ2v) is 7.90. The maximum absolute atomic E-state index is 14.2. The molecule has 0 saturated carbocycles. The number of thiocarbonyl (C=S) groups is 1. The molecule has 3 aromatic rings. The third-order valence-corrected chi connectivity index (χ3v) is 6.06. The molecule has 1 aliphatic heterocycles. The summed E-state index contributed by atoms with van der Waals surface area (Å²) in [4.78, 5) is 6.55. The van der Waals surface area contributed by atoms with Gasteiger partial charge in [0.15, 0.2) is 28.2 Å². The molecule has 4 rings (SSSR count). The van der Waals surface area contributed by atoms with E-state index in [9.17, 15) is 4.39 Å². The summed E-state index contributed by atoms with van der Waals surface area (Å²) >= 11 is 5.62. The lowest BCUT2D eigenvalue weighted by Gasteiger charge is -2.36. The number of benzene rings is 2. The standard InChI is InChI=1S/C24H25FN4O4S/c1-6-29-13(2)20(21(26-24(29)34)14-7-10-18(31-4)19(12-14)32-5)23-27-22(28-33-23)15-8-9-17(30-3)16(25)11-15/h7-12,21H,6H2,1-5H3,(H,26,34). The monoisotopic (exact) mass is 484 g/mol. The van der Waals surface area contributed by atoms with Crippen molar-refractivity contribution in [2.75, 3.05) is 27.9 Å². The molecule has 0 spiro atoms. The number of halogens is 1. The second-order valence-electron chi connectivity index (χ2n) is 7.51. The van der Waals surface area contributed by atoms with Crippen molar-refractivity contribution in [3.05, 3.63) is 59.4 Å². The minimum Gasteiger partial charge on any atom is -0.494 e. The molecule has 2 heterocycles. The maximum Gasteiger partial charge on any atom is 0.258 e. The topological polar surface area (TPSA) is 81.9 Å². The zero-order chi connectivity index (χ0) is 24.4. The Labute approximate surface area is 202 Å². The number of methoxy groups -OCH3 is 3. The van der Waals surface area contributed by atoms with Gasteiger partial charge in [0.25, 0.3) is 5.89 Å². The first-order valence-corrected chi connectivity index (χ1v) is 11.0. The lowest BCUT2D eigenvalue weighted by atomic mass is 9.94. The Balaban J connectivity index is 1.80. The third kappa shape index (κ3) is 4.16. The van der Waals surface area contributed by atoms with Crippen LogP contribution >= 0.6 is 12.2 Å². The number of hydrogen-bond donors (Lipinski definition) is 1. The normalized spacial score (nSPS) is 15.9. The van der Waals surface area contributed by atoms with Crippen LogP contribution in [0.15, 0.2) is 46.6 Å². The van der Waals surface area contributed by atoms with Crippen LogP contribution in [0.4, 0.5) is 4.39 Å². The van der Waals surface area contributed by atoms with Gasteiger partial charge in [0, 0.05) is 17.8 Å². The fraction of sp³-hybridized carbons (Fsp3) is 0.292. The van der Waals surface area contributed by atoms with Gasteiger partial charge in [-0.3, -0.25) is 0 Å². The Morgan fingerprint density at radius 3 is 2.41 bits per heavy atom. The van der Waals surface area contributed by atoms with Crippen molar-refractivity contribution in [2.45, 2.75) is 19.9 Å². The molecule has 1 atom stereocenters. The van der Waals surface area contributed by atoms with Crippen LogP contribution < -0.4 is 19.5 Å². The molecule has 2 aromatic carbocycles. The molecule has 8 nitrogen and oxygen atoms in total. The highest BCUT2D eigenvalue weighted by molar-refractivity contribution is 7.80. The van der Waals surface area contributed by atoms with Gasteiger partial charge in [0.1, 0.15) is 0 Å². The molecular formula is C24H25FN4O4S. The van der Waals surface area contributed by atoms with Crippen LogP contribution in [0.1, 0.15) is 31.3 Å². The van der Waals surface area contributed by atoms with Crippen LogP contribution in [0.5, 0.6) is 17.2 Å². The van der Waals surface area contributed by atoms with E-state index in [0.29, 0.717) is 34.6 Å². The summed E-state index contributed by atoms with van der Waals surface area (Å²) in [5, 5.41) is 8.06. The van der Waals surface area contributed by atoms with Gasteiger partial charge in [-0.15, -0.1) is 0 Å². The average molecular weight is 485 g/mol. The Kier molecular flexibility index (Phi) is 6.69. The molecule has 178 valence electrons. The van der Waals surface area contributed by atoms with Gasteiger partial charge in [0.2, 0.25) is 5.82 Å². The average Bonchev–Trinajstić information content (AvgIpc) is 3.33. The Morgan fingerprint density at radius 1 is 1.06 bits per heavy atom. The summed E-state index contributed by atoms with van der Waals surface area (Å²) < 4.78 is 35.8. The Hall–Kier alpha value is -3.66. The fourth-order valence-electron chi connectivity index (χ4n) is 3.98. The number of rotatable bonds is 7. The van der Waals surface area contributed by atoms with E-state index in [1.807, 2.05) is 36.9 Å². The lowest BCUT2D eigenvalue weighted by Crippen LogP contribution is -2.45. The Morgan fingerprint density at radius 2 is 1.76 bits per heavy atom. The van der Waals surface area contributed by atoms with E-state index in [1.165, 1.54) is 19.2 Å². The van der Waals surface area contributed by atoms with Crippen LogP contribution in [0.2, 0.25) is 0 Å². The predicted octanol–water partition coefficient (Wildman–Crippen LogP) is 4.58. The molecule has 1 unspecified atom stereocenters. The number of ether oxygens (including phenoxy) is 3. The van der Waals surface area contributed by atoms with E-state index >= 15 is 0 Å². The molecule has 1 aliphatic rings. The molecule has 0 radical (unpaired) electrons. The number of allylic oxidation sites excluding steroid dienone is 1. The van der Waals surface area contributed by atoms with Gasteiger partial charge >= 0.3 is 0 Å².